The molecule has 2 aromatic heterocycles. The van der Waals surface area contributed by atoms with E-state index >= 15 is 0 Å². The number of fused-ring (bicyclic) bond motifs is 2. The van der Waals surface area contributed by atoms with Crippen molar-refractivity contribution in [1.82, 2.24) is 19.0 Å². The Balaban J connectivity index is 1.23. The molecule has 1 amide bonds. The molecule has 0 saturated carbocycles. The third-order valence-corrected chi connectivity index (χ3v) is 8.26. The van der Waals surface area contributed by atoms with E-state index in [-0.39, 0.29) is 61.7 Å². The van der Waals surface area contributed by atoms with Crippen LogP contribution in [-0.2, 0) is 19.0 Å². The first kappa shape index (κ1) is 28.9. The molecule has 0 bridgehead atoms. The molecule has 11 nitrogen and oxygen atoms in total. The van der Waals surface area contributed by atoms with Crippen molar-refractivity contribution >= 4 is 33.8 Å². The van der Waals surface area contributed by atoms with Crippen LogP contribution in [0.4, 0.5) is 0 Å². The van der Waals surface area contributed by atoms with E-state index in [1.807, 2.05) is 60.8 Å². The van der Waals surface area contributed by atoms with Crippen LogP contribution in [0.25, 0.3) is 21.9 Å². The highest BCUT2D eigenvalue weighted by molar-refractivity contribution is 5.95. The van der Waals surface area contributed by atoms with Crippen LogP contribution >= 0.6 is 0 Å². The van der Waals surface area contributed by atoms with E-state index < -0.39 is 6.29 Å². The van der Waals surface area contributed by atoms with E-state index in [0.717, 1.165) is 27.5 Å². The number of likely N-dealkylation sites (tertiary alicyclic amines) is 1. The van der Waals surface area contributed by atoms with Crippen LogP contribution in [0.3, 0.4) is 0 Å². The molecular formula is C32H36N4O7. The Labute approximate surface area is 248 Å². The number of imidazole rings is 1. The van der Waals surface area contributed by atoms with Crippen molar-refractivity contribution in [3.8, 4) is 0 Å². The zero-order chi connectivity index (χ0) is 29.9. The molecule has 2 atom stereocenters. The van der Waals surface area contributed by atoms with E-state index in [2.05, 4.69) is 4.98 Å². The van der Waals surface area contributed by atoms with Crippen molar-refractivity contribution in [1.29, 1.82) is 0 Å². The third-order valence-electron chi connectivity index (χ3n) is 8.26. The zero-order valence-electron chi connectivity index (χ0n) is 24.1. The number of para-hydroxylation sites is 3. The topological polar surface area (TPSA) is 128 Å². The third kappa shape index (κ3) is 5.88. The number of piperidine rings is 1. The van der Waals surface area contributed by atoms with Gasteiger partial charge in [0.2, 0.25) is 12.2 Å². The summed E-state index contributed by atoms with van der Waals surface area (Å²) in [5, 5.41) is 9.90. The molecule has 0 aliphatic carbocycles. The summed E-state index contributed by atoms with van der Waals surface area (Å²) in [7, 11) is 0. The largest absolute Gasteiger partial charge is 0.459 e. The summed E-state index contributed by atoms with van der Waals surface area (Å²) in [5.41, 5.74) is 3.26. The lowest BCUT2D eigenvalue weighted by Crippen LogP contribution is -2.42. The standard InChI is InChI=1S/C32H36N4O7/c1-21(38)35-20-25(24-6-2-4-8-27(24)35)22-18-29(43-30(19-22)42-17-16-41-15-14-37)31(39)34-12-10-23(11-13-34)36-28-9-5-3-7-26(28)33-32(36)40/h2-9,18,20,22-23,30,37H,10-17,19H2,1H3,(H,33,40). The van der Waals surface area contributed by atoms with E-state index in [0.29, 0.717) is 32.4 Å². The van der Waals surface area contributed by atoms with Gasteiger partial charge in [0, 0.05) is 50.0 Å². The summed E-state index contributed by atoms with van der Waals surface area (Å²) >= 11 is 0. The lowest BCUT2D eigenvalue weighted by Gasteiger charge is -2.35. The molecule has 0 radical (unpaired) electrons. The van der Waals surface area contributed by atoms with Gasteiger partial charge in [-0.15, -0.1) is 0 Å². The van der Waals surface area contributed by atoms with Gasteiger partial charge >= 0.3 is 5.69 Å². The van der Waals surface area contributed by atoms with Gasteiger partial charge in [-0.25, -0.2) is 4.79 Å². The van der Waals surface area contributed by atoms with Crippen molar-refractivity contribution < 1.29 is 28.9 Å². The maximum absolute atomic E-state index is 13.8. The maximum atomic E-state index is 13.8. The van der Waals surface area contributed by atoms with Gasteiger partial charge in [0.05, 0.1) is 43.0 Å². The number of amides is 1. The molecule has 0 spiro atoms. The second-order valence-corrected chi connectivity index (χ2v) is 11.0. The van der Waals surface area contributed by atoms with E-state index in [1.165, 1.54) is 6.92 Å². The number of allylic oxidation sites excluding steroid dienone is 1. The van der Waals surface area contributed by atoms with E-state index in [1.54, 1.807) is 14.0 Å². The van der Waals surface area contributed by atoms with Crippen molar-refractivity contribution in [2.75, 3.05) is 39.5 Å². The minimum Gasteiger partial charge on any atom is -0.459 e. The fraction of sp³-hybridized carbons (Fsp3) is 0.406. The molecule has 2 unspecified atom stereocenters. The van der Waals surface area contributed by atoms with Gasteiger partial charge in [0.1, 0.15) is 0 Å². The zero-order valence-corrected chi connectivity index (χ0v) is 24.1. The average molecular weight is 589 g/mol. The number of aliphatic hydroxyl groups is 1. The number of ether oxygens (including phenoxy) is 3. The number of nitrogens with one attached hydrogen (secondary N) is 1. The Morgan fingerprint density at radius 1 is 1.02 bits per heavy atom. The number of carbonyl (C=O) groups is 2. The normalized spacial score (nSPS) is 19.5. The summed E-state index contributed by atoms with van der Waals surface area (Å²) in [6, 6.07) is 15.3. The Kier molecular flexibility index (Phi) is 8.46. The number of aromatic amines is 1. The van der Waals surface area contributed by atoms with Gasteiger partial charge in [-0.3, -0.25) is 18.7 Å². The predicted molar refractivity (Wildman–Crippen MR) is 160 cm³/mol. The Hall–Kier alpha value is -4.19. The number of carbonyl (C=O) groups excluding carboxylic acids is 2. The van der Waals surface area contributed by atoms with Crippen LogP contribution < -0.4 is 5.69 Å². The molecule has 4 heterocycles. The van der Waals surface area contributed by atoms with E-state index in [4.69, 9.17) is 19.3 Å². The molecule has 6 rings (SSSR count). The second-order valence-electron chi connectivity index (χ2n) is 11.0. The minimum atomic E-state index is -0.701. The number of benzene rings is 2. The van der Waals surface area contributed by atoms with Crippen molar-refractivity contribution in [3.63, 3.8) is 0 Å². The quantitative estimate of drug-likeness (QED) is 0.286. The monoisotopic (exact) mass is 588 g/mol. The molecule has 1 saturated heterocycles. The molecule has 4 aromatic rings. The van der Waals surface area contributed by atoms with Gasteiger partial charge in [-0.1, -0.05) is 30.3 Å². The van der Waals surface area contributed by atoms with Crippen LogP contribution in [0, 0.1) is 0 Å². The first-order valence-corrected chi connectivity index (χ1v) is 14.7. The molecule has 2 N–H and O–H groups in total. The van der Waals surface area contributed by atoms with Crippen LogP contribution in [0.5, 0.6) is 0 Å². The number of nitrogens with zero attached hydrogens (tertiary/aromatic N) is 3. The molecule has 2 aliphatic heterocycles. The lowest BCUT2D eigenvalue weighted by atomic mass is 9.92. The average Bonchev–Trinajstić information content (AvgIpc) is 3.58. The fourth-order valence-corrected chi connectivity index (χ4v) is 6.21. The minimum absolute atomic E-state index is 0.0191. The molecule has 2 aliphatic rings. The SMILES string of the molecule is CC(=O)n1cc(C2C=C(C(=O)N3CCC(n4c(=O)[nH]c5ccccc54)CC3)OC(OCCOCCO)C2)c2ccccc21. The molecule has 11 heteroatoms. The molecule has 2 aromatic carbocycles. The summed E-state index contributed by atoms with van der Waals surface area (Å²) < 4.78 is 20.9. The van der Waals surface area contributed by atoms with Gasteiger partial charge in [-0.05, 0) is 42.7 Å². The Bertz CT molecular complexity index is 1710. The fourth-order valence-electron chi connectivity index (χ4n) is 6.21. The number of aromatic nitrogens is 3. The highest BCUT2D eigenvalue weighted by Crippen LogP contribution is 2.37. The van der Waals surface area contributed by atoms with Crippen molar-refractivity contribution in [2.24, 2.45) is 0 Å². The highest BCUT2D eigenvalue weighted by Gasteiger charge is 2.34. The van der Waals surface area contributed by atoms with Crippen molar-refractivity contribution in [3.05, 3.63) is 82.6 Å². The van der Waals surface area contributed by atoms with Gasteiger partial charge < -0.3 is 29.2 Å². The molecule has 226 valence electrons. The summed E-state index contributed by atoms with van der Waals surface area (Å²) in [6.07, 6.45) is 4.71. The summed E-state index contributed by atoms with van der Waals surface area (Å²) in [4.78, 5) is 43.7. The first-order chi connectivity index (χ1) is 20.9. The molecular weight excluding hydrogens is 552 g/mol. The number of rotatable bonds is 9. The number of aliphatic hydroxyl groups excluding tert-OH is 1. The molecule has 43 heavy (non-hydrogen) atoms. The number of hydrogen-bond donors (Lipinski definition) is 2. The van der Waals surface area contributed by atoms with Crippen LogP contribution in [0.2, 0.25) is 0 Å². The maximum Gasteiger partial charge on any atom is 0.326 e. The van der Waals surface area contributed by atoms with Crippen LogP contribution in [0.15, 0.2) is 71.4 Å². The van der Waals surface area contributed by atoms with Crippen LogP contribution in [-0.4, -0.2) is 81.7 Å². The molecule has 1 fully saturated rings. The first-order valence-electron chi connectivity index (χ1n) is 14.7. The number of H-pyrrole nitrogens is 1. The van der Waals surface area contributed by atoms with Gasteiger partial charge in [0.25, 0.3) is 5.91 Å². The van der Waals surface area contributed by atoms with E-state index in [9.17, 15) is 14.4 Å². The predicted octanol–water partition coefficient (Wildman–Crippen LogP) is 3.55. The number of hydrogen-bond acceptors (Lipinski definition) is 7. The summed E-state index contributed by atoms with van der Waals surface area (Å²) in [5.74, 6) is -0.348. The van der Waals surface area contributed by atoms with Crippen LogP contribution in [0.1, 0.15) is 48.5 Å². The summed E-state index contributed by atoms with van der Waals surface area (Å²) in [6.45, 7) is 3.14. The van der Waals surface area contributed by atoms with Crippen molar-refractivity contribution in [2.45, 2.75) is 44.4 Å². The Morgan fingerprint density at radius 2 is 1.77 bits per heavy atom. The lowest BCUT2D eigenvalue weighted by molar-refractivity contribution is -0.157. The highest BCUT2D eigenvalue weighted by atomic mass is 16.7. The van der Waals surface area contributed by atoms with Gasteiger partial charge in [-0.2, -0.15) is 0 Å². The smallest absolute Gasteiger partial charge is 0.326 e. The second kappa shape index (κ2) is 12.6. The Morgan fingerprint density at radius 3 is 2.53 bits per heavy atom. The van der Waals surface area contributed by atoms with Gasteiger partial charge in [0.15, 0.2) is 5.76 Å².